The van der Waals surface area contributed by atoms with Crippen molar-refractivity contribution in [1.29, 1.82) is 0 Å². The molecule has 1 aromatic carbocycles. The summed E-state index contributed by atoms with van der Waals surface area (Å²) in [5, 5.41) is 9.85. The van der Waals surface area contributed by atoms with Gasteiger partial charge in [0, 0.05) is 24.7 Å². The van der Waals surface area contributed by atoms with Crippen LogP contribution in [0.1, 0.15) is 72.9 Å². The third-order valence-corrected chi connectivity index (χ3v) is 7.50. The molecule has 3 aliphatic heterocycles. The fourth-order valence-electron chi connectivity index (χ4n) is 5.94. The number of hydrogen-bond acceptors (Lipinski definition) is 4. The molecule has 156 valence electrons. The number of fused-ring (bicyclic) bond motifs is 1. The number of carbonyl (C=O) groups is 2. The highest BCUT2D eigenvalue weighted by Crippen LogP contribution is 2.41. The molecule has 2 amide bonds. The van der Waals surface area contributed by atoms with Gasteiger partial charge in [-0.15, -0.1) is 0 Å². The Labute approximate surface area is 171 Å². The van der Waals surface area contributed by atoms with Gasteiger partial charge in [0.05, 0.1) is 19.3 Å². The molecule has 1 unspecified atom stereocenters. The Balaban J connectivity index is 1.42. The minimum absolute atomic E-state index is 0.0147. The summed E-state index contributed by atoms with van der Waals surface area (Å²) in [4.78, 5) is 31.3. The molecule has 3 heterocycles. The molecule has 2 saturated heterocycles. The van der Waals surface area contributed by atoms with Gasteiger partial charge in [-0.05, 0) is 68.6 Å². The van der Waals surface area contributed by atoms with Crippen molar-refractivity contribution < 1.29 is 19.4 Å². The van der Waals surface area contributed by atoms with Gasteiger partial charge in [-0.3, -0.25) is 9.59 Å². The van der Waals surface area contributed by atoms with Crippen LogP contribution in [0.25, 0.3) is 0 Å². The quantitative estimate of drug-likeness (QED) is 0.831. The molecule has 0 radical (unpaired) electrons. The standard InChI is InChI=1S/C23H30N2O4/c26-18-8-6-17(7-9-18)24-12-2-10-23(22(24)28)11-3-13-25(23)21(27)19-5-1-4-16-14-29-15-20(16)19/h1,4-5,17-18,26H,2-3,6-15H2. The lowest BCUT2D eigenvalue weighted by atomic mass is 9.82. The van der Waals surface area contributed by atoms with Gasteiger partial charge >= 0.3 is 0 Å². The number of piperidine rings is 1. The fraction of sp³-hybridized carbons (Fsp3) is 0.652. The Morgan fingerprint density at radius 1 is 1.07 bits per heavy atom. The van der Waals surface area contributed by atoms with E-state index in [1.165, 1.54) is 0 Å². The van der Waals surface area contributed by atoms with Crippen molar-refractivity contribution in [2.24, 2.45) is 0 Å². The molecule has 1 aliphatic carbocycles. The zero-order valence-electron chi connectivity index (χ0n) is 16.9. The van der Waals surface area contributed by atoms with E-state index >= 15 is 0 Å². The number of benzene rings is 1. The van der Waals surface area contributed by atoms with Gasteiger partial charge in [-0.25, -0.2) is 0 Å². The average molecular weight is 399 g/mol. The Hall–Kier alpha value is -1.92. The highest BCUT2D eigenvalue weighted by Gasteiger charge is 2.54. The number of likely N-dealkylation sites (tertiary alicyclic amines) is 2. The predicted octanol–water partition coefficient (Wildman–Crippen LogP) is 2.62. The van der Waals surface area contributed by atoms with E-state index in [2.05, 4.69) is 0 Å². The van der Waals surface area contributed by atoms with Crippen LogP contribution in [0.3, 0.4) is 0 Å². The van der Waals surface area contributed by atoms with Crippen LogP contribution < -0.4 is 0 Å². The minimum Gasteiger partial charge on any atom is -0.393 e. The molecule has 1 saturated carbocycles. The second-order valence-corrected chi connectivity index (χ2v) is 9.09. The first-order chi connectivity index (χ1) is 14.1. The van der Waals surface area contributed by atoms with Crippen LogP contribution in [0.4, 0.5) is 0 Å². The van der Waals surface area contributed by atoms with Crippen molar-refractivity contribution in [3.63, 3.8) is 0 Å². The molecule has 1 spiro atoms. The molecule has 6 heteroatoms. The van der Waals surface area contributed by atoms with Crippen LogP contribution in [0.15, 0.2) is 18.2 Å². The molecular weight excluding hydrogens is 368 g/mol. The molecule has 1 N–H and O–H groups in total. The van der Waals surface area contributed by atoms with Crippen molar-refractivity contribution in [2.45, 2.75) is 82.3 Å². The highest BCUT2D eigenvalue weighted by molar-refractivity contribution is 6.01. The predicted molar refractivity (Wildman–Crippen MR) is 107 cm³/mol. The van der Waals surface area contributed by atoms with Gasteiger partial charge in [0.1, 0.15) is 5.54 Å². The number of ether oxygens (including phenoxy) is 1. The largest absolute Gasteiger partial charge is 0.393 e. The van der Waals surface area contributed by atoms with Gasteiger partial charge in [-0.2, -0.15) is 0 Å². The number of nitrogens with zero attached hydrogens (tertiary/aromatic N) is 2. The summed E-state index contributed by atoms with van der Waals surface area (Å²) < 4.78 is 5.57. The molecule has 6 nitrogen and oxygen atoms in total. The molecular formula is C23H30N2O4. The lowest BCUT2D eigenvalue weighted by molar-refractivity contribution is -0.149. The topological polar surface area (TPSA) is 70.1 Å². The number of rotatable bonds is 2. The van der Waals surface area contributed by atoms with Crippen LogP contribution in [0.5, 0.6) is 0 Å². The van der Waals surface area contributed by atoms with E-state index in [-0.39, 0.29) is 24.0 Å². The summed E-state index contributed by atoms with van der Waals surface area (Å²) >= 11 is 0. The van der Waals surface area contributed by atoms with Gasteiger partial charge in [-0.1, -0.05) is 12.1 Å². The second-order valence-electron chi connectivity index (χ2n) is 9.09. The molecule has 1 aromatic rings. The number of hydrogen-bond donors (Lipinski definition) is 1. The summed E-state index contributed by atoms with van der Waals surface area (Å²) in [5.41, 5.74) is 2.09. The Morgan fingerprint density at radius 2 is 1.83 bits per heavy atom. The zero-order chi connectivity index (χ0) is 20.0. The van der Waals surface area contributed by atoms with E-state index in [0.717, 1.165) is 69.0 Å². The first-order valence-corrected chi connectivity index (χ1v) is 11.1. The Bertz CT molecular complexity index is 817. The molecule has 5 rings (SSSR count). The SMILES string of the molecule is O=C(c1cccc2c1COC2)N1CCCC12CCCN(C1CCC(O)CC1)C2=O. The van der Waals surface area contributed by atoms with Crippen molar-refractivity contribution in [3.8, 4) is 0 Å². The lowest BCUT2D eigenvalue weighted by Crippen LogP contribution is -2.63. The third-order valence-electron chi connectivity index (χ3n) is 7.50. The van der Waals surface area contributed by atoms with Crippen LogP contribution >= 0.6 is 0 Å². The zero-order valence-corrected chi connectivity index (χ0v) is 16.9. The summed E-state index contributed by atoms with van der Waals surface area (Å²) in [5.74, 6) is 0.124. The Kier molecular flexibility index (Phi) is 4.87. The molecule has 0 aromatic heterocycles. The highest BCUT2D eigenvalue weighted by atomic mass is 16.5. The molecule has 0 bridgehead atoms. The summed E-state index contributed by atoms with van der Waals surface area (Å²) in [6.45, 7) is 2.45. The summed E-state index contributed by atoms with van der Waals surface area (Å²) in [6.07, 6.45) is 6.35. The average Bonchev–Trinajstić information content (AvgIpc) is 3.38. The second kappa shape index (κ2) is 7.40. The fourth-order valence-corrected chi connectivity index (χ4v) is 5.94. The molecule has 3 fully saturated rings. The van der Waals surface area contributed by atoms with Crippen molar-refractivity contribution in [2.75, 3.05) is 13.1 Å². The first-order valence-electron chi connectivity index (χ1n) is 11.1. The maximum atomic E-state index is 13.8. The normalized spacial score (nSPS) is 32.1. The maximum Gasteiger partial charge on any atom is 0.255 e. The molecule has 29 heavy (non-hydrogen) atoms. The van der Waals surface area contributed by atoms with E-state index in [0.29, 0.717) is 25.3 Å². The van der Waals surface area contributed by atoms with Crippen LogP contribution in [0, 0.1) is 0 Å². The van der Waals surface area contributed by atoms with Gasteiger partial charge in [0.15, 0.2) is 0 Å². The molecule has 1 atom stereocenters. The summed E-state index contributed by atoms with van der Waals surface area (Å²) in [6, 6.07) is 6.03. The van der Waals surface area contributed by atoms with E-state index < -0.39 is 5.54 Å². The van der Waals surface area contributed by atoms with Crippen molar-refractivity contribution in [1.82, 2.24) is 9.80 Å². The molecule has 4 aliphatic rings. The van der Waals surface area contributed by atoms with Crippen molar-refractivity contribution in [3.05, 3.63) is 34.9 Å². The smallest absolute Gasteiger partial charge is 0.255 e. The lowest BCUT2D eigenvalue weighted by Gasteiger charge is -2.48. The number of amides is 2. The minimum atomic E-state index is -0.687. The monoisotopic (exact) mass is 398 g/mol. The summed E-state index contributed by atoms with van der Waals surface area (Å²) in [7, 11) is 0. The van der Waals surface area contributed by atoms with Gasteiger partial charge in [0.25, 0.3) is 5.91 Å². The Morgan fingerprint density at radius 3 is 2.62 bits per heavy atom. The van der Waals surface area contributed by atoms with E-state index in [1.807, 2.05) is 28.0 Å². The third kappa shape index (κ3) is 3.08. The van der Waals surface area contributed by atoms with E-state index in [1.54, 1.807) is 0 Å². The number of carbonyl (C=O) groups excluding carboxylic acids is 2. The van der Waals surface area contributed by atoms with Crippen molar-refractivity contribution >= 4 is 11.8 Å². The van der Waals surface area contributed by atoms with Gasteiger partial charge in [0.2, 0.25) is 5.91 Å². The number of aliphatic hydroxyl groups is 1. The van der Waals surface area contributed by atoms with Crippen LogP contribution in [-0.4, -0.2) is 57.5 Å². The first kappa shape index (κ1) is 19.1. The van der Waals surface area contributed by atoms with Crippen LogP contribution in [-0.2, 0) is 22.7 Å². The van der Waals surface area contributed by atoms with Gasteiger partial charge < -0.3 is 19.6 Å². The number of aliphatic hydroxyl groups excluding tert-OH is 1. The van der Waals surface area contributed by atoms with E-state index in [4.69, 9.17) is 4.74 Å². The van der Waals surface area contributed by atoms with E-state index in [9.17, 15) is 14.7 Å². The maximum absolute atomic E-state index is 13.8. The van der Waals surface area contributed by atoms with Crippen LogP contribution in [0.2, 0.25) is 0 Å².